The molecule has 1 heterocycles. The Morgan fingerprint density at radius 3 is 2.58 bits per heavy atom. The van der Waals surface area contributed by atoms with Crippen molar-refractivity contribution < 1.29 is 14.0 Å². The van der Waals surface area contributed by atoms with Crippen LogP contribution in [0.15, 0.2) is 41.0 Å². The normalized spacial score (nSPS) is 13.2. The maximum Gasteiger partial charge on any atom is 0.287 e. The summed E-state index contributed by atoms with van der Waals surface area (Å²) in [4.78, 5) is 23.7. The first-order valence-corrected chi connectivity index (χ1v) is 8.41. The van der Waals surface area contributed by atoms with E-state index in [1.807, 2.05) is 6.07 Å². The summed E-state index contributed by atoms with van der Waals surface area (Å²) in [6.07, 6.45) is 6.59. The SMILES string of the molecule is O=C(Cc1ccc2c(c1)CCCC2)NCCNC(=O)c1ccco1. The van der Waals surface area contributed by atoms with Crippen LogP contribution in [0, 0.1) is 0 Å². The van der Waals surface area contributed by atoms with Gasteiger partial charge < -0.3 is 15.1 Å². The van der Waals surface area contributed by atoms with Gasteiger partial charge in [0.1, 0.15) is 0 Å². The second kappa shape index (κ2) is 7.81. The van der Waals surface area contributed by atoms with Crippen LogP contribution in [0.5, 0.6) is 0 Å². The van der Waals surface area contributed by atoms with E-state index in [-0.39, 0.29) is 17.6 Å². The van der Waals surface area contributed by atoms with Crippen molar-refractivity contribution in [2.45, 2.75) is 32.1 Å². The highest BCUT2D eigenvalue weighted by atomic mass is 16.3. The summed E-state index contributed by atoms with van der Waals surface area (Å²) in [7, 11) is 0. The van der Waals surface area contributed by atoms with E-state index in [2.05, 4.69) is 22.8 Å². The highest BCUT2D eigenvalue weighted by Crippen LogP contribution is 2.22. The molecule has 2 amide bonds. The van der Waals surface area contributed by atoms with Crippen LogP contribution in [0.3, 0.4) is 0 Å². The van der Waals surface area contributed by atoms with Gasteiger partial charge in [-0.3, -0.25) is 9.59 Å². The van der Waals surface area contributed by atoms with E-state index in [1.54, 1.807) is 12.1 Å². The van der Waals surface area contributed by atoms with Crippen LogP contribution in [0.1, 0.15) is 40.1 Å². The molecule has 0 saturated carbocycles. The summed E-state index contributed by atoms with van der Waals surface area (Å²) in [6.45, 7) is 0.770. The minimum atomic E-state index is -0.274. The number of benzene rings is 1. The highest BCUT2D eigenvalue weighted by molar-refractivity contribution is 5.91. The third-order valence-corrected chi connectivity index (χ3v) is 4.26. The first kappa shape index (κ1) is 16.3. The summed E-state index contributed by atoms with van der Waals surface area (Å²) in [5.74, 6) is -0.0303. The van der Waals surface area contributed by atoms with Gasteiger partial charge in [-0.15, -0.1) is 0 Å². The molecule has 0 fully saturated rings. The Kier molecular flexibility index (Phi) is 5.31. The van der Waals surface area contributed by atoms with Gasteiger partial charge in [-0.25, -0.2) is 0 Å². The zero-order valence-electron chi connectivity index (χ0n) is 13.6. The summed E-state index contributed by atoms with van der Waals surface area (Å²) < 4.78 is 5.00. The average molecular weight is 326 g/mol. The van der Waals surface area contributed by atoms with Crippen molar-refractivity contribution in [3.8, 4) is 0 Å². The van der Waals surface area contributed by atoms with Gasteiger partial charge >= 0.3 is 0 Å². The molecule has 2 N–H and O–H groups in total. The van der Waals surface area contributed by atoms with Gasteiger partial charge in [0.05, 0.1) is 12.7 Å². The van der Waals surface area contributed by atoms with Crippen LogP contribution in [0.4, 0.5) is 0 Å². The maximum absolute atomic E-state index is 12.0. The second-order valence-corrected chi connectivity index (χ2v) is 6.07. The molecule has 0 aliphatic heterocycles. The van der Waals surface area contributed by atoms with Gasteiger partial charge in [0.2, 0.25) is 5.91 Å². The predicted octanol–water partition coefficient (Wildman–Crippen LogP) is 2.25. The average Bonchev–Trinajstić information content (AvgIpc) is 3.13. The van der Waals surface area contributed by atoms with E-state index < -0.39 is 0 Å². The predicted molar refractivity (Wildman–Crippen MR) is 90.8 cm³/mol. The fraction of sp³-hybridized carbons (Fsp3) is 0.368. The lowest BCUT2D eigenvalue weighted by molar-refractivity contribution is -0.120. The van der Waals surface area contributed by atoms with Gasteiger partial charge in [-0.1, -0.05) is 18.2 Å². The lowest BCUT2D eigenvalue weighted by atomic mass is 9.90. The third kappa shape index (κ3) is 4.25. The zero-order chi connectivity index (χ0) is 16.8. The quantitative estimate of drug-likeness (QED) is 0.800. The van der Waals surface area contributed by atoms with Crippen LogP contribution in [0.2, 0.25) is 0 Å². The van der Waals surface area contributed by atoms with Crippen molar-refractivity contribution in [2.75, 3.05) is 13.1 Å². The molecule has 1 aliphatic rings. The zero-order valence-corrected chi connectivity index (χ0v) is 13.6. The molecule has 126 valence electrons. The van der Waals surface area contributed by atoms with Gasteiger partial charge in [-0.05, 0) is 54.5 Å². The Labute approximate surface area is 141 Å². The van der Waals surface area contributed by atoms with Gasteiger partial charge in [-0.2, -0.15) is 0 Å². The summed E-state index contributed by atoms with van der Waals surface area (Å²) in [5.41, 5.74) is 3.86. The largest absolute Gasteiger partial charge is 0.459 e. The molecule has 1 aromatic heterocycles. The first-order valence-electron chi connectivity index (χ1n) is 8.41. The molecule has 0 bridgehead atoms. The smallest absolute Gasteiger partial charge is 0.287 e. The van der Waals surface area contributed by atoms with Crippen molar-refractivity contribution in [1.29, 1.82) is 0 Å². The molecule has 2 aromatic rings. The molecule has 3 rings (SSSR count). The van der Waals surface area contributed by atoms with Gasteiger partial charge in [0, 0.05) is 13.1 Å². The Hall–Kier alpha value is -2.56. The minimum Gasteiger partial charge on any atom is -0.459 e. The number of carbonyl (C=O) groups is 2. The number of nitrogens with one attached hydrogen (secondary N) is 2. The number of hydrogen-bond donors (Lipinski definition) is 2. The molecule has 0 unspecified atom stereocenters. The molecule has 0 radical (unpaired) electrons. The van der Waals surface area contributed by atoms with E-state index in [1.165, 1.54) is 30.2 Å². The highest BCUT2D eigenvalue weighted by Gasteiger charge is 2.11. The van der Waals surface area contributed by atoms with Gasteiger partial charge in [0.25, 0.3) is 5.91 Å². The fourth-order valence-electron chi connectivity index (χ4n) is 3.02. The van der Waals surface area contributed by atoms with Crippen molar-refractivity contribution in [1.82, 2.24) is 10.6 Å². The number of carbonyl (C=O) groups excluding carboxylic acids is 2. The number of hydrogen-bond acceptors (Lipinski definition) is 3. The molecule has 0 spiro atoms. The standard InChI is InChI=1S/C19H22N2O3/c22-18(20-9-10-21-19(23)17-6-3-11-24-17)13-14-7-8-15-4-1-2-5-16(15)12-14/h3,6-8,11-12H,1-2,4-5,9-10,13H2,(H,20,22)(H,21,23). The van der Waals surface area contributed by atoms with Crippen LogP contribution in [-0.4, -0.2) is 24.9 Å². The van der Waals surface area contributed by atoms with Crippen molar-refractivity contribution >= 4 is 11.8 Å². The number of furan rings is 1. The lowest BCUT2D eigenvalue weighted by Gasteiger charge is -2.16. The van der Waals surface area contributed by atoms with Crippen LogP contribution in [-0.2, 0) is 24.1 Å². The molecular formula is C19H22N2O3. The lowest BCUT2D eigenvalue weighted by Crippen LogP contribution is -2.35. The molecule has 24 heavy (non-hydrogen) atoms. The van der Waals surface area contributed by atoms with E-state index in [0.717, 1.165) is 18.4 Å². The summed E-state index contributed by atoms with van der Waals surface area (Å²) in [5, 5.41) is 5.53. The molecule has 5 nitrogen and oxygen atoms in total. The first-order chi connectivity index (χ1) is 11.7. The van der Waals surface area contributed by atoms with E-state index in [9.17, 15) is 9.59 Å². The molecule has 1 aliphatic carbocycles. The van der Waals surface area contributed by atoms with Crippen LogP contribution < -0.4 is 10.6 Å². The molecular weight excluding hydrogens is 304 g/mol. The van der Waals surface area contributed by atoms with Crippen LogP contribution in [0.25, 0.3) is 0 Å². The van der Waals surface area contributed by atoms with Gasteiger partial charge in [0.15, 0.2) is 5.76 Å². The Balaban J connectivity index is 1.40. The minimum absolute atomic E-state index is 0.0296. The van der Waals surface area contributed by atoms with E-state index in [0.29, 0.717) is 19.5 Å². The number of rotatable bonds is 6. The Morgan fingerprint density at radius 1 is 1.00 bits per heavy atom. The topological polar surface area (TPSA) is 71.3 Å². The molecule has 5 heteroatoms. The molecule has 0 saturated heterocycles. The number of amides is 2. The Bertz CT molecular complexity index is 707. The second-order valence-electron chi connectivity index (χ2n) is 6.07. The Morgan fingerprint density at radius 2 is 1.79 bits per heavy atom. The van der Waals surface area contributed by atoms with E-state index >= 15 is 0 Å². The summed E-state index contributed by atoms with van der Waals surface area (Å²) >= 11 is 0. The van der Waals surface area contributed by atoms with E-state index in [4.69, 9.17) is 4.42 Å². The monoisotopic (exact) mass is 326 g/mol. The van der Waals surface area contributed by atoms with Crippen molar-refractivity contribution in [2.24, 2.45) is 0 Å². The fourth-order valence-corrected chi connectivity index (χ4v) is 3.02. The number of aryl methyl sites for hydroxylation is 2. The van der Waals surface area contributed by atoms with Crippen molar-refractivity contribution in [3.63, 3.8) is 0 Å². The third-order valence-electron chi connectivity index (χ3n) is 4.26. The summed E-state index contributed by atoms with van der Waals surface area (Å²) in [6, 6.07) is 9.62. The number of fused-ring (bicyclic) bond motifs is 1. The molecule has 0 atom stereocenters. The maximum atomic E-state index is 12.0. The molecule has 1 aromatic carbocycles. The van der Waals surface area contributed by atoms with Crippen molar-refractivity contribution in [3.05, 3.63) is 59.0 Å². The van der Waals surface area contributed by atoms with Crippen LogP contribution >= 0.6 is 0 Å².